The van der Waals surface area contributed by atoms with Crippen molar-refractivity contribution >= 4 is 23.1 Å². The maximum absolute atomic E-state index is 6.05. The van der Waals surface area contributed by atoms with Gasteiger partial charge in [0.1, 0.15) is 5.01 Å². The van der Waals surface area contributed by atoms with Gasteiger partial charge in [-0.2, -0.15) is 0 Å². The second kappa shape index (κ2) is 6.50. The summed E-state index contributed by atoms with van der Waals surface area (Å²) in [6.07, 6.45) is 1.58. The van der Waals surface area contributed by atoms with Crippen molar-refractivity contribution in [3.63, 3.8) is 0 Å². The highest BCUT2D eigenvalue weighted by molar-refractivity contribution is 7.98. The molecule has 0 saturated carbocycles. The summed E-state index contributed by atoms with van der Waals surface area (Å²) < 4.78 is 6.74. The van der Waals surface area contributed by atoms with Crippen molar-refractivity contribution in [2.24, 2.45) is 0 Å². The van der Waals surface area contributed by atoms with Crippen LogP contribution < -0.4 is 5.84 Å². The van der Waals surface area contributed by atoms with E-state index < -0.39 is 0 Å². The topological polar surface area (TPSA) is 82.8 Å². The highest BCUT2D eigenvalue weighted by Crippen LogP contribution is 2.28. The molecule has 8 heteroatoms. The number of furan rings is 1. The van der Waals surface area contributed by atoms with Crippen LogP contribution in [0, 0.1) is 0 Å². The zero-order valence-electron chi connectivity index (χ0n) is 12.5. The molecule has 1 aromatic carbocycles. The zero-order valence-corrected chi connectivity index (χ0v) is 14.1. The van der Waals surface area contributed by atoms with Gasteiger partial charge < -0.3 is 10.3 Å². The summed E-state index contributed by atoms with van der Waals surface area (Å²) in [4.78, 5) is 4.66. The predicted octanol–water partition coefficient (Wildman–Crippen LogP) is 3.67. The molecule has 120 valence electrons. The van der Waals surface area contributed by atoms with E-state index in [1.807, 2.05) is 18.2 Å². The van der Waals surface area contributed by atoms with Crippen molar-refractivity contribution in [3.8, 4) is 22.2 Å². The summed E-state index contributed by atoms with van der Waals surface area (Å²) in [6.45, 7) is 0. The SMILES string of the molecule is Nn1c(SCc2csc(-c3ccccc3)n2)nnc1-c1ccco1. The Labute approximate surface area is 146 Å². The van der Waals surface area contributed by atoms with Gasteiger partial charge in [-0.1, -0.05) is 42.1 Å². The molecule has 0 unspecified atom stereocenters. The summed E-state index contributed by atoms with van der Waals surface area (Å²) in [7, 11) is 0. The summed E-state index contributed by atoms with van der Waals surface area (Å²) in [6, 6.07) is 13.7. The van der Waals surface area contributed by atoms with E-state index in [1.54, 1.807) is 29.7 Å². The Morgan fingerprint density at radius 1 is 1.12 bits per heavy atom. The fraction of sp³-hybridized carbons (Fsp3) is 0.0625. The minimum absolute atomic E-state index is 0.505. The number of benzene rings is 1. The number of hydrogen-bond donors (Lipinski definition) is 1. The van der Waals surface area contributed by atoms with E-state index in [0.29, 0.717) is 22.5 Å². The smallest absolute Gasteiger partial charge is 0.218 e. The Balaban J connectivity index is 1.47. The average molecular weight is 355 g/mol. The third-order valence-electron chi connectivity index (χ3n) is 3.33. The van der Waals surface area contributed by atoms with Gasteiger partial charge >= 0.3 is 0 Å². The van der Waals surface area contributed by atoms with Crippen LogP contribution >= 0.6 is 23.1 Å². The van der Waals surface area contributed by atoms with E-state index in [-0.39, 0.29) is 0 Å². The highest BCUT2D eigenvalue weighted by atomic mass is 32.2. The van der Waals surface area contributed by atoms with Crippen molar-refractivity contribution in [1.82, 2.24) is 19.9 Å². The van der Waals surface area contributed by atoms with Crippen molar-refractivity contribution in [1.29, 1.82) is 0 Å². The zero-order chi connectivity index (χ0) is 16.4. The molecule has 4 rings (SSSR count). The van der Waals surface area contributed by atoms with Crippen LogP contribution in [0.15, 0.2) is 63.7 Å². The van der Waals surface area contributed by atoms with E-state index in [4.69, 9.17) is 10.3 Å². The number of nitrogens with zero attached hydrogens (tertiary/aromatic N) is 4. The molecule has 0 aliphatic rings. The van der Waals surface area contributed by atoms with Gasteiger partial charge in [-0.3, -0.25) is 0 Å². The molecule has 3 aromatic heterocycles. The number of aromatic nitrogens is 4. The predicted molar refractivity (Wildman–Crippen MR) is 95.0 cm³/mol. The lowest BCUT2D eigenvalue weighted by molar-refractivity contribution is 0.574. The van der Waals surface area contributed by atoms with Crippen LogP contribution in [-0.4, -0.2) is 19.9 Å². The molecule has 0 radical (unpaired) electrons. The van der Waals surface area contributed by atoms with Crippen LogP contribution in [0.2, 0.25) is 0 Å². The Morgan fingerprint density at radius 3 is 2.79 bits per heavy atom. The van der Waals surface area contributed by atoms with E-state index in [2.05, 4.69) is 32.7 Å². The maximum atomic E-state index is 6.05. The molecule has 0 spiro atoms. The molecule has 0 saturated heterocycles. The molecule has 0 bridgehead atoms. The van der Waals surface area contributed by atoms with Gasteiger partial charge in [-0.05, 0) is 12.1 Å². The van der Waals surface area contributed by atoms with Gasteiger partial charge in [-0.15, -0.1) is 21.5 Å². The van der Waals surface area contributed by atoms with Crippen LogP contribution in [0.25, 0.3) is 22.2 Å². The first-order valence-corrected chi connectivity index (χ1v) is 9.05. The molecule has 0 fully saturated rings. The molecule has 2 N–H and O–H groups in total. The third-order valence-corrected chi connectivity index (χ3v) is 5.24. The molecule has 24 heavy (non-hydrogen) atoms. The molecule has 0 atom stereocenters. The first-order valence-electron chi connectivity index (χ1n) is 7.18. The van der Waals surface area contributed by atoms with Crippen molar-refractivity contribution in [3.05, 3.63) is 59.8 Å². The van der Waals surface area contributed by atoms with Crippen LogP contribution in [0.1, 0.15) is 5.69 Å². The lowest BCUT2D eigenvalue weighted by Crippen LogP contribution is -2.11. The largest absolute Gasteiger partial charge is 0.461 e. The standard InChI is InChI=1S/C16H13N5OS2/c17-21-14(13-7-4-8-22-13)19-20-16(21)24-10-12-9-23-15(18-12)11-5-2-1-3-6-11/h1-9H,10,17H2. The Bertz CT molecular complexity index is 931. The quantitative estimate of drug-likeness (QED) is 0.434. The minimum atomic E-state index is 0.505. The lowest BCUT2D eigenvalue weighted by atomic mass is 10.2. The van der Waals surface area contributed by atoms with Gasteiger partial charge in [0, 0.05) is 16.7 Å². The van der Waals surface area contributed by atoms with E-state index in [1.165, 1.54) is 16.4 Å². The number of nitrogen functional groups attached to an aromatic ring is 1. The van der Waals surface area contributed by atoms with Gasteiger partial charge in [0.05, 0.1) is 12.0 Å². The van der Waals surface area contributed by atoms with Crippen LogP contribution in [0.3, 0.4) is 0 Å². The molecule has 0 amide bonds. The second-order valence-electron chi connectivity index (χ2n) is 4.95. The van der Waals surface area contributed by atoms with Crippen LogP contribution in [0.5, 0.6) is 0 Å². The number of nitrogens with two attached hydrogens (primary N) is 1. The Morgan fingerprint density at radius 2 is 2.00 bits per heavy atom. The van der Waals surface area contributed by atoms with Gasteiger partial charge in [0.2, 0.25) is 11.0 Å². The summed E-state index contributed by atoms with van der Waals surface area (Å²) in [5, 5.41) is 11.9. The molecule has 3 heterocycles. The van der Waals surface area contributed by atoms with Crippen molar-refractivity contribution in [2.45, 2.75) is 10.9 Å². The molecular weight excluding hydrogens is 342 g/mol. The van der Waals surface area contributed by atoms with E-state index >= 15 is 0 Å². The fourth-order valence-corrected chi connectivity index (χ4v) is 3.85. The number of hydrogen-bond acceptors (Lipinski definition) is 7. The van der Waals surface area contributed by atoms with E-state index in [9.17, 15) is 0 Å². The fourth-order valence-electron chi connectivity index (χ4n) is 2.17. The second-order valence-corrected chi connectivity index (χ2v) is 6.75. The van der Waals surface area contributed by atoms with Gasteiger partial charge in [0.25, 0.3) is 0 Å². The lowest BCUT2D eigenvalue weighted by Gasteiger charge is -2.00. The normalized spacial score (nSPS) is 11.0. The Hall–Kier alpha value is -2.58. The Kier molecular flexibility index (Phi) is 4.06. The van der Waals surface area contributed by atoms with Crippen molar-refractivity contribution in [2.75, 3.05) is 5.84 Å². The molecule has 0 aliphatic heterocycles. The summed E-state index contributed by atoms with van der Waals surface area (Å²) in [5.41, 5.74) is 2.12. The van der Waals surface area contributed by atoms with Gasteiger partial charge in [0.15, 0.2) is 5.76 Å². The molecule has 0 aliphatic carbocycles. The number of thiazole rings is 1. The maximum Gasteiger partial charge on any atom is 0.218 e. The first-order chi connectivity index (χ1) is 11.8. The molecule has 6 nitrogen and oxygen atoms in total. The van der Waals surface area contributed by atoms with Crippen LogP contribution in [0.4, 0.5) is 0 Å². The molecular formula is C16H13N5OS2. The summed E-state index contributed by atoms with van der Waals surface area (Å²) >= 11 is 3.13. The monoisotopic (exact) mass is 355 g/mol. The minimum Gasteiger partial charge on any atom is -0.461 e. The first kappa shape index (κ1) is 15.0. The van der Waals surface area contributed by atoms with Crippen molar-refractivity contribution < 1.29 is 4.42 Å². The highest BCUT2D eigenvalue weighted by Gasteiger charge is 2.15. The number of thioether (sulfide) groups is 1. The van der Waals surface area contributed by atoms with Crippen LogP contribution in [-0.2, 0) is 5.75 Å². The summed E-state index contributed by atoms with van der Waals surface area (Å²) in [5.74, 6) is 7.83. The number of rotatable bonds is 5. The van der Waals surface area contributed by atoms with Gasteiger partial charge in [-0.25, -0.2) is 9.66 Å². The molecule has 4 aromatic rings. The third kappa shape index (κ3) is 2.93. The van der Waals surface area contributed by atoms with E-state index in [0.717, 1.165) is 16.3 Å². The average Bonchev–Trinajstić information content (AvgIpc) is 3.35.